The van der Waals surface area contributed by atoms with Gasteiger partial charge in [0.25, 0.3) is 0 Å². The maximum Gasteiger partial charge on any atom is 0.00297 e. The van der Waals surface area contributed by atoms with Crippen LogP contribution in [0.1, 0.15) is 61.3 Å². The zero-order valence-electron chi connectivity index (χ0n) is 12.4. The van der Waals surface area contributed by atoms with Crippen LogP contribution in [-0.4, -0.2) is 25.0 Å². The maximum atomic E-state index is 2.46. The lowest BCUT2D eigenvalue weighted by Crippen LogP contribution is -2.29. The van der Waals surface area contributed by atoms with E-state index in [4.69, 9.17) is 0 Å². The summed E-state index contributed by atoms with van der Waals surface area (Å²) >= 11 is 0. The Bertz CT molecular complexity index is 115. The van der Waals surface area contributed by atoms with Crippen molar-refractivity contribution in [2.24, 2.45) is 11.3 Å². The zero-order valence-corrected chi connectivity index (χ0v) is 12.4. The third-order valence-electron chi connectivity index (χ3n) is 2.60. The first-order chi connectivity index (χ1) is 6.99. The molecule has 0 radical (unpaired) electrons. The lowest BCUT2D eigenvalue weighted by Gasteiger charge is -2.27. The Labute approximate surface area is 98.2 Å². The largest absolute Gasteiger partial charge is 0.306 e. The molecule has 0 N–H and O–H groups in total. The van der Waals surface area contributed by atoms with E-state index >= 15 is 0 Å². The third kappa shape index (κ3) is 8.92. The van der Waals surface area contributed by atoms with E-state index in [9.17, 15) is 0 Å². The molecule has 0 bridgehead atoms. The number of hydrogen-bond acceptors (Lipinski definition) is 1. The van der Waals surface area contributed by atoms with Gasteiger partial charge in [0.1, 0.15) is 0 Å². The molecule has 1 saturated heterocycles. The number of rotatable bonds is 0. The lowest BCUT2D eigenvalue weighted by molar-refractivity contribution is 0.222. The quantitative estimate of drug-likeness (QED) is 0.578. The topological polar surface area (TPSA) is 3.24 Å². The molecule has 1 heterocycles. The first-order valence-corrected chi connectivity index (χ1v) is 6.68. The maximum absolute atomic E-state index is 2.46. The lowest BCUT2D eigenvalue weighted by atomic mass is 9.83. The standard InChI is InChI=1S/C10H21N.2C2H6/c1-9-5-6-11(4)8-10(2,3)7-9;2*1-2/h9H,5-8H2,1-4H3;2*1-2H3. The molecule has 0 aromatic rings. The highest BCUT2D eigenvalue weighted by molar-refractivity contribution is 4.78. The molecule has 0 spiro atoms. The molecular formula is C14H33N. The van der Waals surface area contributed by atoms with Crippen molar-refractivity contribution in [2.45, 2.75) is 61.3 Å². The van der Waals surface area contributed by atoms with Crippen LogP contribution in [0.4, 0.5) is 0 Å². The molecule has 1 heteroatoms. The summed E-state index contributed by atoms with van der Waals surface area (Å²) in [7, 11) is 2.24. The highest BCUT2D eigenvalue weighted by Crippen LogP contribution is 2.30. The second kappa shape index (κ2) is 9.21. The molecule has 0 aromatic carbocycles. The number of likely N-dealkylation sites (tertiary alicyclic amines) is 1. The second-order valence-electron chi connectivity index (χ2n) is 5.00. The summed E-state index contributed by atoms with van der Waals surface area (Å²) in [6, 6.07) is 0. The summed E-state index contributed by atoms with van der Waals surface area (Å²) in [6.45, 7) is 17.7. The summed E-state index contributed by atoms with van der Waals surface area (Å²) in [5.41, 5.74) is 0.532. The first-order valence-electron chi connectivity index (χ1n) is 6.68. The Morgan fingerprint density at radius 1 is 1.07 bits per heavy atom. The SMILES string of the molecule is CC.CC.CC1CCN(C)CC(C)(C)C1. The van der Waals surface area contributed by atoms with Crippen LogP contribution in [0.2, 0.25) is 0 Å². The molecular weight excluding hydrogens is 182 g/mol. The molecule has 1 aliphatic rings. The van der Waals surface area contributed by atoms with E-state index in [-0.39, 0.29) is 0 Å². The highest BCUT2D eigenvalue weighted by Gasteiger charge is 2.25. The van der Waals surface area contributed by atoms with Crippen LogP contribution in [0.25, 0.3) is 0 Å². The average molecular weight is 215 g/mol. The van der Waals surface area contributed by atoms with Gasteiger partial charge in [0.05, 0.1) is 0 Å². The molecule has 0 amide bonds. The fraction of sp³-hybridized carbons (Fsp3) is 1.00. The van der Waals surface area contributed by atoms with Crippen molar-refractivity contribution in [1.82, 2.24) is 4.90 Å². The van der Waals surface area contributed by atoms with Crippen molar-refractivity contribution in [3.05, 3.63) is 0 Å². The van der Waals surface area contributed by atoms with Crippen molar-refractivity contribution >= 4 is 0 Å². The number of hydrogen-bond donors (Lipinski definition) is 0. The summed E-state index contributed by atoms with van der Waals surface area (Å²) in [5.74, 6) is 0.912. The van der Waals surface area contributed by atoms with Gasteiger partial charge in [0.2, 0.25) is 0 Å². The Kier molecular flexibility index (Phi) is 10.7. The minimum absolute atomic E-state index is 0.532. The molecule has 15 heavy (non-hydrogen) atoms. The van der Waals surface area contributed by atoms with Crippen molar-refractivity contribution < 1.29 is 0 Å². The summed E-state index contributed by atoms with van der Waals surface area (Å²) < 4.78 is 0. The fourth-order valence-corrected chi connectivity index (χ4v) is 2.36. The van der Waals surface area contributed by atoms with Crippen LogP contribution in [-0.2, 0) is 0 Å². The zero-order chi connectivity index (χ0) is 12.5. The third-order valence-corrected chi connectivity index (χ3v) is 2.60. The molecule has 1 aliphatic heterocycles. The van der Waals surface area contributed by atoms with Crippen LogP contribution < -0.4 is 0 Å². The molecule has 0 saturated carbocycles. The van der Waals surface area contributed by atoms with E-state index < -0.39 is 0 Å². The van der Waals surface area contributed by atoms with E-state index in [0.29, 0.717) is 5.41 Å². The minimum Gasteiger partial charge on any atom is -0.306 e. The monoisotopic (exact) mass is 215 g/mol. The van der Waals surface area contributed by atoms with Crippen molar-refractivity contribution in [2.75, 3.05) is 20.1 Å². The van der Waals surface area contributed by atoms with E-state index in [1.807, 2.05) is 27.7 Å². The fourth-order valence-electron chi connectivity index (χ4n) is 2.36. The van der Waals surface area contributed by atoms with Gasteiger partial charge in [-0.3, -0.25) is 0 Å². The average Bonchev–Trinajstić information content (AvgIpc) is 2.30. The van der Waals surface area contributed by atoms with Gasteiger partial charge in [-0.25, -0.2) is 0 Å². The van der Waals surface area contributed by atoms with Crippen molar-refractivity contribution in [3.8, 4) is 0 Å². The first kappa shape index (κ1) is 17.4. The molecule has 0 aromatic heterocycles. The summed E-state index contributed by atoms with van der Waals surface area (Å²) in [5, 5.41) is 0. The summed E-state index contributed by atoms with van der Waals surface area (Å²) in [4.78, 5) is 2.46. The normalized spacial score (nSPS) is 25.2. The van der Waals surface area contributed by atoms with Gasteiger partial charge < -0.3 is 4.90 Å². The molecule has 1 rings (SSSR count). The molecule has 1 atom stereocenters. The Morgan fingerprint density at radius 3 is 2.00 bits per heavy atom. The molecule has 1 nitrogen and oxygen atoms in total. The van der Waals surface area contributed by atoms with Crippen molar-refractivity contribution in [1.29, 1.82) is 0 Å². The Balaban J connectivity index is 0. The van der Waals surface area contributed by atoms with E-state index in [1.54, 1.807) is 0 Å². The van der Waals surface area contributed by atoms with Crippen LogP contribution >= 0.6 is 0 Å². The second-order valence-corrected chi connectivity index (χ2v) is 5.00. The molecule has 1 fully saturated rings. The van der Waals surface area contributed by atoms with Crippen LogP contribution in [0, 0.1) is 11.3 Å². The molecule has 94 valence electrons. The van der Waals surface area contributed by atoms with Gasteiger partial charge in [-0.15, -0.1) is 0 Å². The van der Waals surface area contributed by atoms with Crippen LogP contribution in [0.3, 0.4) is 0 Å². The number of nitrogens with zero attached hydrogens (tertiary/aromatic N) is 1. The van der Waals surface area contributed by atoms with E-state index in [1.165, 1.54) is 25.9 Å². The van der Waals surface area contributed by atoms with Gasteiger partial charge in [-0.1, -0.05) is 48.5 Å². The predicted octanol–water partition coefficient (Wildman–Crippen LogP) is 4.43. The van der Waals surface area contributed by atoms with Gasteiger partial charge in [-0.05, 0) is 37.8 Å². The van der Waals surface area contributed by atoms with E-state index in [2.05, 4.69) is 32.7 Å². The minimum atomic E-state index is 0.532. The predicted molar refractivity (Wildman–Crippen MR) is 72.4 cm³/mol. The van der Waals surface area contributed by atoms with Gasteiger partial charge in [0, 0.05) is 6.54 Å². The molecule has 0 aliphatic carbocycles. The van der Waals surface area contributed by atoms with Crippen LogP contribution in [0.5, 0.6) is 0 Å². The van der Waals surface area contributed by atoms with Gasteiger partial charge in [-0.2, -0.15) is 0 Å². The highest BCUT2D eigenvalue weighted by atomic mass is 15.1. The van der Waals surface area contributed by atoms with Crippen molar-refractivity contribution in [3.63, 3.8) is 0 Å². The smallest absolute Gasteiger partial charge is 0.00297 e. The van der Waals surface area contributed by atoms with Gasteiger partial charge in [0.15, 0.2) is 0 Å². The Morgan fingerprint density at radius 2 is 1.53 bits per heavy atom. The van der Waals surface area contributed by atoms with Crippen LogP contribution in [0.15, 0.2) is 0 Å². The van der Waals surface area contributed by atoms with E-state index in [0.717, 1.165) is 5.92 Å². The summed E-state index contributed by atoms with van der Waals surface area (Å²) in [6.07, 6.45) is 2.76. The Hall–Kier alpha value is -0.0400. The van der Waals surface area contributed by atoms with Gasteiger partial charge >= 0.3 is 0 Å². The molecule has 1 unspecified atom stereocenters.